The predicted molar refractivity (Wildman–Crippen MR) is 107 cm³/mol. The number of para-hydroxylation sites is 1. The Morgan fingerprint density at radius 2 is 1.48 bits per heavy atom. The Kier molecular flexibility index (Phi) is 6.57. The Morgan fingerprint density at radius 1 is 0.926 bits per heavy atom. The first kappa shape index (κ1) is 20.4. The van der Waals surface area contributed by atoms with E-state index in [9.17, 15) is 18.0 Å². The highest BCUT2D eigenvalue weighted by Gasteiger charge is 2.14. The molecular weight excluding hydrogens is 366 g/mol. The van der Waals surface area contributed by atoms with E-state index in [1.54, 1.807) is 36.4 Å². The van der Waals surface area contributed by atoms with Crippen molar-refractivity contribution in [3.05, 3.63) is 54.1 Å². The second kappa shape index (κ2) is 8.68. The van der Waals surface area contributed by atoms with Crippen molar-refractivity contribution in [3.8, 4) is 0 Å². The molecule has 8 heteroatoms. The van der Waals surface area contributed by atoms with Crippen molar-refractivity contribution in [3.63, 3.8) is 0 Å². The maximum Gasteiger partial charge on any atom is 0.257 e. The fourth-order valence-corrected chi connectivity index (χ4v) is 2.97. The van der Waals surface area contributed by atoms with Crippen LogP contribution in [0, 0.1) is 5.92 Å². The summed E-state index contributed by atoms with van der Waals surface area (Å²) in [5.41, 5.74) is 1.57. The lowest BCUT2D eigenvalue weighted by Gasteiger charge is -2.12. The van der Waals surface area contributed by atoms with Crippen LogP contribution in [0.4, 0.5) is 17.1 Å². The normalized spacial score (nSPS) is 11.1. The summed E-state index contributed by atoms with van der Waals surface area (Å²) in [5, 5.41) is 5.50. The van der Waals surface area contributed by atoms with Crippen LogP contribution in [-0.4, -0.2) is 26.5 Å². The Balaban J connectivity index is 2.07. The molecule has 144 valence electrons. The summed E-state index contributed by atoms with van der Waals surface area (Å²) < 4.78 is 25.2. The average molecular weight is 389 g/mol. The summed E-state index contributed by atoms with van der Waals surface area (Å²) in [7, 11) is -3.50. The van der Waals surface area contributed by atoms with Crippen molar-refractivity contribution in [2.45, 2.75) is 20.3 Å². The van der Waals surface area contributed by atoms with E-state index in [4.69, 9.17) is 0 Å². The maximum atomic E-state index is 12.5. The molecule has 0 saturated heterocycles. The van der Waals surface area contributed by atoms with E-state index in [0.29, 0.717) is 17.8 Å². The summed E-state index contributed by atoms with van der Waals surface area (Å²) in [6.45, 7) is 3.93. The molecule has 0 aromatic heterocycles. The average Bonchev–Trinajstić information content (AvgIpc) is 2.55. The van der Waals surface area contributed by atoms with Crippen LogP contribution in [-0.2, 0) is 14.8 Å². The lowest BCUT2D eigenvalue weighted by Crippen LogP contribution is -2.17. The van der Waals surface area contributed by atoms with Crippen molar-refractivity contribution in [1.82, 2.24) is 0 Å². The summed E-state index contributed by atoms with van der Waals surface area (Å²) >= 11 is 0. The van der Waals surface area contributed by atoms with Crippen LogP contribution in [0.25, 0.3) is 0 Å². The Labute approximate surface area is 159 Å². The molecule has 7 nitrogen and oxygen atoms in total. The molecule has 0 aliphatic carbocycles. The van der Waals surface area contributed by atoms with Gasteiger partial charge in [0.2, 0.25) is 15.9 Å². The molecule has 27 heavy (non-hydrogen) atoms. The molecule has 3 N–H and O–H groups in total. The molecule has 2 rings (SSSR count). The van der Waals surface area contributed by atoms with Gasteiger partial charge in [0.15, 0.2) is 0 Å². The summed E-state index contributed by atoms with van der Waals surface area (Å²) in [6, 6.07) is 13.0. The molecule has 0 spiro atoms. The van der Waals surface area contributed by atoms with Gasteiger partial charge in [0.25, 0.3) is 5.91 Å². The third kappa shape index (κ3) is 6.74. The Hall–Kier alpha value is -2.87. The number of amides is 2. The summed E-state index contributed by atoms with van der Waals surface area (Å²) in [5.74, 6) is -0.245. The van der Waals surface area contributed by atoms with Gasteiger partial charge in [-0.25, -0.2) is 8.42 Å². The van der Waals surface area contributed by atoms with Gasteiger partial charge in [-0.05, 0) is 42.3 Å². The number of anilines is 3. The molecule has 0 heterocycles. The monoisotopic (exact) mass is 389 g/mol. The van der Waals surface area contributed by atoms with Crippen molar-refractivity contribution in [1.29, 1.82) is 0 Å². The van der Waals surface area contributed by atoms with Crippen LogP contribution in [0.15, 0.2) is 48.5 Å². The number of benzene rings is 2. The van der Waals surface area contributed by atoms with Gasteiger partial charge < -0.3 is 10.6 Å². The number of hydrogen-bond acceptors (Lipinski definition) is 4. The lowest BCUT2D eigenvalue weighted by atomic mass is 10.1. The fraction of sp³-hybridized carbons (Fsp3) is 0.263. The van der Waals surface area contributed by atoms with Gasteiger partial charge in [0.05, 0.1) is 17.5 Å². The van der Waals surface area contributed by atoms with Gasteiger partial charge in [-0.1, -0.05) is 26.0 Å². The van der Waals surface area contributed by atoms with Gasteiger partial charge in [0, 0.05) is 17.8 Å². The van der Waals surface area contributed by atoms with Gasteiger partial charge in [0.1, 0.15) is 0 Å². The zero-order chi connectivity index (χ0) is 20.0. The van der Waals surface area contributed by atoms with E-state index in [1.165, 1.54) is 12.1 Å². The van der Waals surface area contributed by atoms with Gasteiger partial charge in [-0.3, -0.25) is 14.3 Å². The van der Waals surface area contributed by atoms with Crippen molar-refractivity contribution in [2.24, 2.45) is 5.92 Å². The molecule has 2 aromatic rings. The van der Waals surface area contributed by atoms with Crippen LogP contribution < -0.4 is 15.4 Å². The Bertz CT molecular complexity index is 922. The van der Waals surface area contributed by atoms with E-state index in [2.05, 4.69) is 15.4 Å². The van der Waals surface area contributed by atoms with Crippen molar-refractivity contribution in [2.75, 3.05) is 21.6 Å². The molecule has 0 atom stereocenters. The van der Waals surface area contributed by atoms with E-state index in [-0.39, 0.29) is 23.1 Å². The van der Waals surface area contributed by atoms with Crippen LogP contribution in [0.1, 0.15) is 30.6 Å². The van der Waals surface area contributed by atoms with Crippen molar-refractivity contribution < 1.29 is 18.0 Å². The largest absolute Gasteiger partial charge is 0.326 e. The quantitative estimate of drug-likeness (QED) is 0.676. The number of carbonyl (C=O) groups excluding carboxylic acids is 2. The van der Waals surface area contributed by atoms with E-state index >= 15 is 0 Å². The topological polar surface area (TPSA) is 104 Å². The zero-order valence-electron chi connectivity index (χ0n) is 15.4. The second-order valence-electron chi connectivity index (χ2n) is 6.60. The smallest absolute Gasteiger partial charge is 0.257 e. The van der Waals surface area contributed by atoms with Gasteiger partial charge in [-0.2, -0.15) is 0 Å². The highest BCUT2D eigenvalue weighted by atomic mass is 32.2. The summed E-state index contributed by atoms with van der Waals surface area (Å²) in [6.07, 6.45) is 1.45. The first-order valence-electron chi connectivity index (χ1n) is 8.42. The predicted octanol–water partition coefficient (Wildman–Crippen LogP) is 3.30. The van der Waals surface area contributed by atoms with Crippen molar-refractivity contribution >= 4 is 38.9 Å². The van der Waals surface area contributed by atoms with Crippen LogP contribution in [0.2, 0.25) is 0 Å². The standard InChI is InChI=1S/C19H23N3O4S/c1-13(2)12-18(23)20-14-8-10-15(11-9-14)21-19(24)16-6-4-5-7-17(16)22-27(3,25)26/h4-11,13,22H,12H2,1-3H3,(H,20,23)(H,21,24). The molecule has 0 unspecified atom stereocenters. The molecule has 0 aliphatic rings. The molecule has 0 saturated carbocycles. The Morgan fingerprint density at radius 3 is 2.04 bits per heavy atom. The number of nitrogens with one attached hydrogen (secondary N) is 3. The van der Waals surface area contributed by atoms with Crippen LogP contribution >= 0.6 is 0 Å². The highest BCUT2D eigenvalue weighted by Crippen LogP contribution is 2.20. The third-order valence-corrected chi connectivity index (χ3v) is 4.08. The zero-order valence-corrected chi connectivity index (χ0v) is 16.3. The second-order valence-corrected chi connectivity index (χ2v) is 8.35. The number of sulfonamides is 1. The molecule has 2 amide bonds. The molecule has 0 fully saturated rings. The minimum absolute atomic E-state index is 0.0671. The van der Waals surface area contributed by atoms with Crippen LogP contribution in [0.3, 0.4) is 0 Å². The number of carbonyl (C=O) groups is 2. The molecule has 0 bridgehead atoms. The number of hydrogen-bond donors (Lipinski definition) is 3. The minimum atomic E-state index is -3.50. The minimum Gasteiger partial charge on any atom is -0.326 e. The SMILES string of the molecule is CC(C)CC(=O)Nc1ccc(NC(=O)c2ccccc2NS(C)(=O)=O)cc1. The first-order valence-corrected chi connectivity index (χ1v) is 10.3. The fourth-order valence-electron chi connectivity index (χ4n) is 2.39. The molecule has 0 aliphatic heterocycles. The highest BCUT2D eigenvalue weighted by molar-refractivity contribution is 7.92. The summed E-state index contributed by atoms with van der Waals surface area (Å²) in [4.78, 5) is 24.3. The maximum absolute atomic E-state index is 12.5. The van der Waals surface area contributed by atoms with E-state index in [1.807, 2.05) is 13.8 Å². The third-order valence-electron chi connectivity index (χ3n) is 3.49. The first-order chi connectivity index (χ1) is 12.6. The molecule has 2 aromatic carbocycles. The van der Waals surface area contributed by atoms with Crippen LogP contribution in [0.5, 0.6) is 0 Å². The van der Waals surface area contributed by atoms with Gasteiger partial charge >= 0.3 is 0 Å². The molecular formula is C19H23N3O4S. The van der Waals surface area contributed by atoms with E-state index < -0.39 is 15.9 Å². The van der Waals surface area contributed by atoms with E-state index in [0.717, 1.165) is 6.26 Å². The van der Waals surface area contributed by atoms with Gasteiger partial charge in [-0.15, -0.1) is 0 Å². The number of rotatable bonds is 7. The lowest BCUT2D eigenvalue weighted by molar-refractivity contribution is -0.116. The molecule has 0 radical (unpaired) electrons.